The van der Waals surface area contributed by atoms with E-state index in [1.807, 2.05) is 73.9 Å². The number of fused-ring (bicyclic) bond motifs is 1. The first kappa shape index (κ1) is 26.2. The summed E-state index contributed by atoms with van der Waals surface area (Å²) in [5.74, 6) is 1.53. The molecule has 39 heavy (non-hydrogen) atoms. The number of methoxy groups -OCH3 is 1. The van der Waals surface area contributed by atoms with Crippen molar-refractivity contribution in [1.29, 1.82) is 0 Å². The van der Waals surface area contributed by atoms with Gasteiger partial charge in [-0.2, -0.15) is 0 Å². The molecule has 11 nitrogen and oxygen atoms in total. The fourth-order valence-corrected chi connectivity index (χ4v) is 4.89. The van der Waals surface area contributed by atoms with Crippen LogP contribution < -0.4 is 11.2 Å². The number of aromatic amines is 1. The monoisotopic (exact) mass is 528 g/mol. The maximum atomic E-state index is 13.7. The Kier molecular flexibility index (Phi) is 7.25. The highest BCUT2D eigenvalue weighted by Gasteiger charge is 2.24. The number of rotatable bonds is 9. The first-order valence-corrected chi connectivity index (χ1v) is 13.0. The number of H-pyrrole nitrogens is 1. The molecular formula is C28H32N8O3. The van der Waals surface area contributed by atoms with Crippen molar-refractivity contribution >= 4 is 11.2 Å². The Morgan fingerprint density at radius 2 is 1.69 bits per heavy atom. The highest BCUT2D eigenvalue weighted by Crippen LogP contribution is 2.30. The van der Waals surface area contributed by atoms with Gasteiger partial charge in [0.25, 0.3) is 5.56 Å². The van der Waals surface area contributed by atoms with Crippen LogP contribution in [0, 0.1) is 5.92 Å². The van der Waals surface area contributed by atoms with E-state index in [0.717, 1.165) is 28.1 Å². The number of benzene rings is 2. The molecule has 3 heterocycles. The summed E-state index contributed by atoms with van der Waals surface area (Å²) in [7, 11) is 1.49. The predicted molar refractivity (Wildman–Crippen MR) is 148 cm³/mol. The minimum Gasteiger partial charge on any atom is -0.361 e. The maximum Gasteiger partial charge on any atom is 0.334 e. The van der Waals surface area contributed by atoms with Crippen molar-refractivity contribution in [3.63, 3.8) is 0 Å². The average molecular weight is 529 g/mol. The first-order chi connectivity index (χ1) is 18.8. The lowest BCUT2D eigenvalue weighted by Gasteiger charge is -2.17. The second-order valence-electron chi connectivity index (χ2n) is 9.93. The van der Waals surface area contributed by atoms with Gasteiger partial charge in [0, 0.05) is 32.2 Å². The molecule has 5 rings (SSSR count). The maximum absolute atomic E-state index is 13.7. The molecule has 0 aliphatic carbocycles. The molecule has 202 valence electrons. The van der Waals surface area contributed by atoms with Crippen molar-refractivity contribution in [2.75, 3.05) is 7.11 Å². The summed E-state index contributed by atoms with van der Waals surface area (Å²) in [4.78, 5) is 31.9. The van der Waals surface area contributed by atoms with Crippen LogP contribution in [-0.2, 0) is 24.2 Å². The van der Waals surface area contributed by atoms with Crippen LogP contribution in [0.4, 0.5) is 0 Å². The highest BCUT2D eigenvalue weighted by molar-refractivity contribution is 5.80. The number of ether oxygens (including phenoxy) is 1. The first-order valence-electron chi connectivity index (χ1n) is 13.0. The number of nitrogens with zero attached hydrogens (tertiary/aromatic N) is 7. The van der Waals surface area contributed by atoms with Gasteiger partial charge in [-0.3, -0.25) is 9.36 Å². The summed E-state index contributed by atoms with van der Waals surface area (Å²) in [5, 5.41) is 14.3. The fourth-order valence-electron chi connectivity index (χ4n) is 4.89. The normalized spacial score (nSPS) is 12.5. The van der Waals surface area contributed by atoms with Gasteiger partial charge in [0.15, 0.2) is 17.0 Å². The van der Waals surface area contributed by atoms with Crippen LogP contribution in [0.1, 0.15) is 45.3 Å². The van der Waals surface area contributed by atoms with Crippen molar-refractivity contribution < 1.29 is 4.74 Å². The molecule has 2 aromatic carbocycles. The standard InChI is InChI=1S/C28H32N8O3/c1-6-23-29-26-24(27(37)36(18(4)39-5)28(38)35(26)15-17(2)3)34(23)16-19-11-13-20(14-12-19)21-9-7-8-10-22(21)25-30-32-33-31-25/h7-14,17-18H,6,15-16H2,1-5H3,(H,30,31,32,33). The Labute approximate surface area is 225 Å². The molecule has 0 fully saturated rings. The van der Waals surface area contributed by atoms with Crippen LogP contribution >= 0.6 is 0 Å². The predicted octanol–water partition coefficient (Wildman–Crippen LogP) is 3.64. The number of nitrogens with one attached hydrogen (secondary N) is 1. The minimum absolute atomic E-state index is 0.188. The van der Waals surface area contributed by atoms with Crippen molar-refractivity contribution in [3.8, 4) is 22.5 Å². The zero-order valence-corrected chi connectivity index (χ0v) is 22.8. The fraction of sp³-hybridized carbons (Fsp3) is 0.357. The second-order valence-corrected chi connectivity index (χ2v) is 9.93. The topological polar surface area (TPSA) is 126 Å². The molecule has 1 N–H and O–H groups in total. The van der Waals surface area contributed by atoms with Gasteiger partial charge in [-0.05, 0) is 40.0 Å². The molecule has 0 saturated heterocycles. The number of imidazole rings is 1. The number of hydrogen-bond acceptors (Lipinski definition) is 7. The van der Waals surface area contributed by atoms with Crippen LogP contribution in [-0.4, -0.2) is 46.4 Å². The largest absolute Gasteiger partial charge is 0.361 e. The third kappa shape index (κ3) is 4.81. The molecule has 5 aromatic rings. The van der Waals surface area contributed by atoms with Gasteiger partial charge in [-0.25, -0.2) is 19.4 Å². The number of aromatic nitrogens is 8. The van der Waals surface area contributed by atoms with Crippen molar-refractivity contribution in [3.05, 3.63) is 80.8 Å². The lowest BCUT2D eigenvalue weighted by Crippen LogP contribution is -2.43. The summed E-state index contributed by atoms with van der Waals surface area (Å²) < 4.78 is 10.1. The molecule has 0 aliphatic heterocycles. The van der Waals surface area contributed by atoms with Gasteiger partial charge in [-0.1, -0.05) is 69.3 Å². The molecule has 3 aromatic heterocycles. The summed E-state index contributed by atoms with van der Waals surface area (Å²) in [6.45, 7) is 8.64. The summed E-state index contributed by atoms with van der Waals surface area (Å²) >= 11 is 0. The summed E-state index contributed by atoms with van der Waals surface area (Å²) in [6.07, 6.45) is -0.0966. The van der Waals surface area contributed by atoms with Crippen LogP contribution in [0.15, 0.2) is 58.1 Å². The Morgan fingerprint density at radius 1 is 0.974 bits per heavy atom. The van der Waals surface area contributed by atoms with Crippen molar-refractivity contribution in [1.82, 2.24) is 39.3 Å². The zero-order chi connectivity index (χ0) is 27.7. The SMILES string of the molecule is CCc1nc2c(c(=O)n(C(C)OC)c(=O)n2CC(C)C)n1Cc1ccc(-c2ccccc2-c2nnn[nH]2)cc1. The molecule has 0 spiro atoms. The van der Waals surface area contributed by atoms with Crippen LogP contribution in [0.25, 0.3) is 33.7 Å². The lowest BCUT2D eigenvalue weighted by molar-refractivity contribution is 0.0528. The van der Waals surface area contributed by atoms with E-state index < -0.39 is 17.5 Å². The number of hydrogen-bond donors (Lipinski definition) is 1. The van der Waals surface area contributed by atoms with Crippen LogP contribution in [0.3, 0.4) is 0 Å². The van der Waals surface area contributed by atoms with Crippen LogP contribution in [0.2, 0.25) is 0 Å². The van der Waals surface area contributed by atoms with Crippen LogP contribution in [0.5, 0.6) is 0 Å². The molecule has 0 bridgehead atoms. The van der Waals surface area contributed by atoms with E-state index in [1.54, 1.807) is 11.5 Å². The van der Waals surface area contributed by atoms with E-state index >= 15 is 0 Å². The van der Waals surface area contributed by atoms with Crippen molar-refractivity contribution in [2.45, 2.75) is 53.4 Å². The Bertz CT molecular complexity index is 1710. The van der Waals surface area contributed by atoms with E-state index in [-0.39, 0.29) is 5.92 Å². The Balaban J connectivity index is 1.60. The summed E-state index contributed by atoms with van der Waals surface area (Å²) in [6, 6.07) is 16.1. The second kappa shape index (κ2) is 10.8. The van der Waals surface area contributed by atoms with Gasteiger partial charge < -0.3 is 9.30 Å². The van der Waals surface area contributed by atoms with Gasteiger partial charge in [0.2, 0.25) is 0 Å². The quantitative estimate of drug-likeness (QED) is 0.310. The van der Waals surface area contributed by atoms with Gasteiger partial charge in [0.1, 0.15) is 12.1 Å². The van der Waals surface area contributed by atoms with E-state index in [4.69, 9.17) is 9.72 Å². The molecule has 0 aliphatic rings. The smallest absolute Gasteiger partial charge is 0.334 e. The minimum atomic E-state index is -0.708. The number of aryl methyl sites for hydroxylation is 1. The summed E-state index contributed by atoms with van der Waals surface area (Å²) in [5.41, 5.74) is 3.93. The third-order valence-electron chi connectivity index (χ3n) is 6.84. The zero-order valence-electron chi connectivity index (χ0n) is 22.8. The van der Waals surface area contributed by atoms with Gasteiger partial charge >= 0.3 is 5.69 Å². The average Bonchev–Trinajstić information content (AvgIpc) is 3.60. The Morgan fingerprint density at radius 3 is 2.31 bits per heavy atom. The molecule has 11 heteroatoms. The molecule has 0 saturated carbocycles. The highest BCUT2D eigenvalue weighted by atomic mass is 16.5. The van der Waals surface area contributed by atoms with Gasteiger partial charge in [-0.15, -0.1) is 5.10 Å². The molecule has 0 amide bonds. The molecule has 1 atom stereocenters. The third-order valence-corrected chi connectivity index (χ3v) is 6.84. The van der Waals surface area contributed by atoms with E-state index in [9.17, 15) is 9.59 Å². The lowest BCUT2D eigenvalue weighted by atomic mass is 9.98. The molecule has 0 radical (unpaired) electrons. The van der Waals surface area contributed by atoms with E-state index in [1.165, 1.54) is 11.7 Å². The molecular weight excluding hydrogens is 496 g/mol. The van der Waals surface area contributed by atoms with E-state index in [2.05, 4.69) is 20.6 Å². The van der Waals surface area contributed by atoms with Gasteiger partial charge in [0.05, 0.1) is 0 Å². The Hall–Kier alpha value is -4.38. The number of tetrazole rings is 1. The molecule has 1 unspecified atom stereocenters. The van der Waals surface area contributed by atoms with Crippen molar-refractivity contribution in [2.24, 2.45) is 5.92 Å². The van der Waals surface area contributed by atoms with E-state index in [0.29, 0.717) is 36.5 Å².